The van der Waals surface area contributed by atoms with E-state index >= 15 is 0 Å². The number of aryl methyl sites for hydroxylation is 2. The quantitative estimate of drug-likeness (QED) is 0.753. The van der Waals surface area contributed by atoms with Crippen LogP contribution in [0.1, 0.15) is 48.8 Å². The second-order valence-electron chi connectivity index (χ2n) is 6.65. The van der Waals surface area contributed by atoms with Gasteiger partial charge >= 0.3 is 0 Å². The predicted octanol–water partition coefficient (Wildman–Crippen LogP) is 2.66. The van der Waals surface area contributed by atoms with Gasteiger partial charge in [0.25, 0.3) is 0 Å². The summed E-state index contributed by atoms with van der Waals surface area (Å²) < 4.78 is 1.77. The van der Waals surface area contributed by atoms with Gasteiger partial charge in [-0.1, -0.05) is 13.8 Å². The second kappa shape index (κ2) is 6.59. The number of hydrogen-bond donors (Lipinski definition) is 1. The zero-order valence-electron chi connectivity index (χ0n) is 15.0. The molecule has 7 heteroatoms. The van der Waals surface area contributed by atoms with Crippen molar-refractivity contribution in [3.8, 4) is 0 Å². The van der Waals surface area contributed by atoms with Gasteiger partial charge in [0.1, 0.15) is 6.33 Å². The molecule has 0 aliphatic heterocycles. The van der Waals surface area contributed by atoms with Gasteiger partial charge < -0.3 is 4.90 Å². The van der Waals surface area contributed by atoms with Crippen molar-refractivity contribution >= 4 is 11.3 Å². The average Bonchev–Trinajstić information content (AvgIpc) is 3.14. The number of nitrogens with zero attached hydrogens (tertiary/aromatic N) is 6. The van der Waals surface area contributed by atoms with Gasteiger partial charge in [-0.2, -0.15) is 14.7 Å². The summed E-state index contributed by atoms with van der Waals surface area (Å²) in [5.41, 5.74) is 6.52. The largest absolute Gasteiger partial charge is 0.371 e. The minimum atomic E-state index is 0.361. The highest BCUT2D eigenvalue weighted by atomic mass is 15.4. The molecule has 0 aliphatic rings. The van der Waals surface area contributed by atoms with E-state index in [1.165, 1.54) is 11.3 Å². The molecule has 0 saturated carbocycles. The van der Waals surface area contributed by atoms with Crippen molar-refractivity contribution in [2.75, 3.05) is 18.5 Å². The summed E-state index contributed by atoms with van der Waals surface area (Å²) in [5, 5.41) is 20.1. The Balaban J connectivity index is 1.76. The van der Waals surface area contributed by atoms with E-state index in [9.17, 15) is 0 Å². The molecule has 3 rings (SSSR count). The summed E-state index contributed by atoms with van der Waals surface area (Å²) in [4.78, 5) is 2.24. The lowest BCUT2D eigenvalue weighted by Gasteiger charge is -2.20. The molecule has 1 N–H and O–H groups in total. The van der Waals surface area contributed by atoms with Crippen molar-refractivity contribution in [3.63, 3.8) is 0 Å². The van der Waals surface area contributed by atoms with Crippen LogP contribution in [0.3, 0.4) is 0 Å². The van der Waals surface area contributed by atoms with Crippen molar-refractivity contribution in [3.05, 3.63) is 35.0 Å². The maximum absolute atomic E-state index is 4.57. The van der Waals surface area contributed by atoms with Crippen molar-refractivity contribution in [2.24, 2.45) is 0 Å². The van der Waals surface area contributed by atoms with E-state index in [-0.39, 0.29) is 0 Å². The van der Waals surface area contributed by atoms with Crippen LogP contribution in [0.4, 0.5) is 5.69 Å². The molecule has 0 unspecified atom stereocenters. The van der Waals surface area contributed by atoms with E-state index in [4.69, 9.17) is 0 Å². The third-order valence-electron chi connectivity index (χ3n) is 4.47. The van der Waals surface area contributed by atoms with Crippen molar-refractivity contribution < 1.29 is 0 Å². The lowest BCUT2D eigenvalue weighted by atomic mass is 10.1. The van der Waals surface area contributed by atoms with Crippen LogP contribution in [-0.2, 0) is 6.42 Å². The van der Waals surface area contributed by atoms with Gasteiger partial charge in [-0.3, -0.25) is 5.10 Å². The SMILES string of the molecule is Cc1n[nH]c(C)c1CCCN(C)c1cc(C(C)C)nn2cnnc12. The molecule has 0 spiro atoms. The second-order valence-corrected chi connectivity index (χ2v) is 6.65. The fourth-order valence-electron chi connectivity index (χ4n) is 2.95. The summed E-state index contributed by atoms with van der Waals surface area (Å²) in [6.07, 6.45) is 3.73. The van der Waals surface area contributed by atoms with Crippen LogP contribution in [-0.4, -0.2) is 43.6 Å². The van der Waals surface area contributed by atoms with Crippen molar-refractivity contribution in [1.82, 2.24) is 30.0 Å². The monoisotopic (exact) mass is 327 g/mol. The maximum atomic E-state index is 4.57. The number of aromatic amines is 1. The number of anilines is 1. The first-order valence-corrected chi connectivity index (χ1v) is 8.40. The van der Waals surface area contributed by atoms with E-state index in [2.05, 4.69) is 71.2 Å². The smallest absolute Gasteiger partial charge is 0.200 e. The predicted molar refractivity (Wildman–Crippen MR) is 94.5 cm³/mol. The molecule has 0 aromatic carbocycles. The number of hydrogen-bond acceptors (Lipinski definition) is 5. The molecule has 0 amide bonds. The van der Waals surface area contributed by atoms with E-state index in [1.54, 1.807) is 10.8 Å². The Labute approximate surface area is 142 Å². The lowest BCUT2D eigenvalue weighted by Crippen LogP contribution is -2.21. The molecule has 3 aromatic heterocycles. The fourth-order valence-corrected chi connectivity index (χ4v) is 2.95. The number of fused-ring (bicyclic) bond motifs is 1. The normalized spacial score (nSPS) is 11.6. The number of aromatic nitrogens is 6. The highest BCUT2D eigenvalue weighted by Gasteiger charge is 2.14. The van der Waals surface area contributed by atoms with Crippen molar-refractivity contribution in [2.45, 2.75) is 46.5 Å². The molecule has 0 fully saturated rings. The molecule has 3 aromatic rings. The Kier molecular flexibility index (Phi) is 4.51. The molecule has 24 heavy (non-hydrogen) atoms. The molecular weight excluding hydrogens is 302 g/mol. The zero-order chi connectivity index (χ0) is 17.3. The third kappa shape index (κ3) is 3.11. The van der Waals surface area contributed by atoms with Gasteiger partial charge in [0.05, 0.1) is 17.1 Å². The average molecular weight is 327 g/mol. The summed E-state index contributed by atoms with van der Waals surface area (Å²) >= 11 is 0. The molecular formula is C17H25N7. The summed E-state index contributed by atoms with van der Waals surface area (Å²) in [5.74, 6) is 0.361. The molecule has 128 valence electrons. The highest BCUT2D eigenvalue weighted by Crippen LogP contribution is 2.23. The zero-order valence-corrected chi connectivity index (χ0v) is 15.0. The van der Waals surface area contributed by atoms with E-state index in [0.717, 1.165) is 42.1 Å². The standard InChI is InChI=1S/C17H25N7/c1-11(2)15-9-16(17-21-18-10-24(17)22-15)23(5)8-6-7-14-12(3)19-20-13(14)4/h9-11H,6-8H2,1-5H3,(H,19,20). The van der Waals surface area contributed by atoms with Gasteiger partial charge in [0.2, 0.25) is 5.65 Å². The summed E-state index contributed by atoms with van der Waals surface area (Å²) in [6.45, 7) is 9.37. The van der Waals surface area contributed by atoms with Crippen LogP contribution in [0.15, 0.2) is 12.4 Å². The minimum absolute atomic E-state index is 0.361. The minimum Gasteiger partial charge on any atom is -0.371 e. The first-order chi connectivity index (χ1) is 11.5. The summed E-state index contributed by atoms with van der Waals surface area (Å²) in [6, 6.07) is 2.13. The van der Waals surface area contributed by atoms with Gasteiger partial charge in [0.15, 0.2) is 0 Å². The lowest BCUT2D eigenvalue weighted by molar-refractivity contribution is 0.747. The Morgan fingerprint density at radius 1 is 1.29 bits per heavy atom. The Morgan fingerprint density at radius 2 is 2.08 bits per heavy atom. The van der Waals surface area contributed by atoms with Crippen LogP contribution in [0, 0.1) is 13.8 Å². The Morgan fingerprint density at radius 3 is 2.75 bits per heavy atom. The van der Waals surface area contributed by atoms with E-state index in [1.807, 2.05) is 0 Å². The van der Waals surface area contributed by atoms with E-state index in [0.29, 0.717) is 5.92 Å². The molecule has 0 aliphatic carbocycles. The number of nitrogens with one attached hydrogen (secondary N) is 1. The summed E-state index contributed by atoms with van der Waals surface area (Å²) in [7, 11) is 2.10. The first kappa shape index (κ1) is 16.4. The molecule has 0 radical (unpaired) electrons. The number of H-pyrrole nitrogens is 1. The highest BCUT2D eigenvalue weighted by molar-refractivity contribution is 5.68. The van der Waals surface area contributed by atoms with Crippen LogP contribution in [0.2, 0.25) is 0 Å². The maximum Gasteiger partial charge on any atom is 0.200 e. The fraction of sp³-hybridized carbons (Fsp3) is 0.529. The van der Waals surface area contributed by atoms with Gasteiger partial charge in [-0.15, -0.1) is 10.2 Å². The van der Waals surface area contributed by atoms with Crippen LogP contribution < -0.4 is 4.90 Å². The van der Waals surface area contributed by atoms with Crippen molar-refractivity contribution in [1.29, 1.82) is 0 Å². The van der Waals surface area contributed by atoms with Crippen LogP contribution >= 0.6 is 0 Å². The molecule has 3 heterocycles. The first-order valence-electron chi connectivity index (χ1n) is 8.40. The van der Waals surface area contributed by atoms with Crippen LogP contribution in [0.5, 0.6) is 0 Å². The number of rotatable bonds is 6. The van der Waals surface area contributed by atoms with Gasteiger partial charge in [0, 0.05) is 19.3 Å². The molecule has 0 saturated heterocycles. The topological polar surface area (TPSA) is 75.0 Å². The van der Waals surface area contributed by atoms with Gasteiger partial charge in [-0.25, -0.2) is 0 Å². The Hall–Kier alpha value is -2.44. The Bertz CT molecular complexity index is 811. The molecule has 0 atom stereocenters. The van der Waals surface area contributed by atoms with Gasteiger partial charge in [-0.05, 0) is 44.2 Å². The molecule has 7 nitrogen and oxygen atoms in total. The third-order valence-corrected chi connectivity index (χ3v) is 4.47. The van der Waals surface area contributed by atoms with E-state index < -0.39 is 0 Å². The van der Waals surface area contributed by atoms with Crippen LogP contribution in [0.25, 0.3) is 5.65 Å². The molecule has 0 bridgehead atoms.